The number of carboxylic acid groups (broad SMARTS) is 1. The lowest BCUT2D eigenvalue weighted by molar-refractivity contribution is -0.142. The van der Waals surface area contributed by atoms with Gasteiger partial charge in [-0.05, 0) is 23.5 Å². The number of hydrogen-bond donors (Lipinski definition) is 3. The van der Waals surface area contributed by atoms with E-state index in [0.29, 0.717) is 6.42 Å². The zero-order valence-electron chi connectivity index (χ0n) is 16.8. The topological polar surface area (TPSA) is 95.5 Å². The van der Waals surface area contributed by atoms with Gasteiger partial charge in [0.25, 0.3) is 0 Å². The molecule has 6 nitrogen and oxygen atoms in total. The third-order valence-corrected chi connectivity index (χ3v) is 4.46. The summed E-state index contributed by atoms with van der Waals surface area (Å²) in [4.78, 5) is 36.9. The molecule has 0 fully saturated rings. The summed E-state index contributed by atoms with van der Waals surface area (Å²) in [5.74, 6) is -1.76. The van der Waals surface area contributed by atoms with Crippen molar-refractivity contribution in [3.05, 3.63) is 71.8 Å². The molecule has 154 valence electrons. The molecule has 0 spiro atoms. The number of carbonyl (C=O) groups excluding carboxylic acids is 2. The molecule has 29 heavy (non-hydrogen) atoms. The van der Waals surface area contributed by atoms with Gasteiger partial charge in [0.1, 0.15) is 12.1 Å². The molecule has 2 amide bonds. The number of carbonyl (C=O) groups is 3. The minimum Gasteiger partial charge on any atom is -0.480 e. The largest absolute Gasteiger partial charge is 0.480 e. The molecule has 2 unspecified atom stereocenters. The lowest BCUT2D eigenvalue weighted by Crippen LogP contribution is -2.53. The maximum Gasteiger partial charge on any atom is 0.326 e. The smallest absolute Gasteiger partial charge is 0.326 e. The van der Waals surface area contributed by atoms with E-state index in [9.17, 15) is 19.5 Å². The minimum absolute atomic E-state index is 0.108. The van der Waals surface area contributed by atoms with Crippen molar-refractivity contribution in [2.45, 2.75) is 45.2 Å². The maximum atomic E-state index is 12.8. The molecule has 0 aliphatic rings. The molecule has 0 heterocycles. The summed E-state index contributed by atoms with van der Waals surface area (Å²) >= 11 is 0. The molecular weight excluding hydrogens is 368 g/mol. The van der Waals surface area contributed by atoms with Gasteiger partial charge in [0, 0.05) is 6.42 Å². The number of aliphatic carboxylic acids is 1. The summed E-state index contributed by atoms with van der Waals surface area (Å²) in [5.41, 5.74) is 1.72. The van der Waals surface area contributed by atoms with E-state index in [4.69, 9.17) is 0 Å². The SMILES string of the molecule is CC(C)CC(NC(=O)C(Cc1ccccc1)NC(=O)Cc1ccccc1)C(=O)O. The van der Waals surface area contributed by atoms with E-state index in [1.54, 1.807) is 0 Å². The standard InChI is InChI=1S/C23H28N2O4/c1-16(2)13-20(23(28)29)25-22(27)19(14-17-9-5-3-6-10-17)24-21(26)15-18-11-7-4-8-12-18/h3-12,16,19-20H,13-15H2,1-2H3,(H,24,26)(H,25,27)(H,28,29). The van der Waals surface area contributed by atoms with Crippen LogP contribution in [0.15, 0.2) is 60.7 Å². The van der Waals surface area contributed by atoms with Gasteiger partial charge in [-0.15, -0.1) is 0 Å². The van der Waals surface area contributed by atoms with Gasteiger partial charge in [-0.3, -0.25) is 9.59 Å². The van der Waals surface area contributed by atoms with Crippen molar-refractivity contribution in [3.63, 3.8) is 0 Å². The molecule has 6 heteroatoms. The summed E-state index contributed by atoms with van der Waals surface area (Å²) in [6.45, 7) is 3.79. The van der Waals surface area contributed by atoms with Crippen LogP contribution in [0, 0.1) is 5.92 Å². The molecule has 2 aromatic rings. The van der Waals surface area contributed by atoms with Gasteiger partial charge < -0.3 is 15.7 Å². The predicted octanol–water partition coefficient (Wildman–Crippen LogP) is 2.57. The average molecular weight is 396 g/mol. The zero-order chi connectivity index (χ0) is 21.2. The molecule has 0 aromatic heterocycles. The Balaban J connectivity index is 2.11. The van der Waals surface area contributed by atoms with Crippen molar-refractivity contribution in [1.82, 2.24) is 10.6 Å². The number of rotatable bonds is 10. The molecule has 0 bridgehead atoms. The highest BCUT2D eigenvalue weighted by molar-refractivity contribution is 5.91. The molecule has 2 aromatic carbocycles. The number of benzene rings is 2. The Bertz CT molecular complexity index is 806. The van der Waals surface area contributed by atoms with E-state index >= 15 is 0 Å². The second-order valence-electron chi connectivity index (χ2n) is 7.50. The quantitative estimate of drug-likeness (QED) is 0.575. The van der Waals surface area contributed by atoms with Crippen LogP contribution in [0.3, 0.4) is 0 Å². The van der Waals surface area contributed by atoms with Gasteiger partial charge in [-0.1, -0.05) is 74.5 Å². The molecule has 2 atom stereocenters. The number of carboxylic acids is 1. The fourth-order valence-corrected chi connectivity index (χ4v) is 3.05. The predicted molar refractivity (Wildman–Crippen MR) is 111 cm³/mol. The van der Waals surface area contributed by atoms with Crippen molar-refractivity contribution in [2.24, 2.45) is 5.92 Å². The van der Waals surface area contributed by atoms with Crippen LogP contribution in [0.4, 0.5) is 0 Å². The maximum absolute atomic E-state index is 12.8. The molecule has 0 radical (unpaired) electrons. The third-order valence-electron chi connectivity index (χ3n) is 4.46. The first-order valence-electron chi connectivity index (χ1n) is 9.75. The van der Waals surface area contributed by atoms with Crippen molar-refractivity contribution in [3.8, 4) is 0 Å². The Morgan fingerprint density at radius 2 is 1.38 bits per heavy atom. The summed E-state index contributed by atoms with van der Waals surface area (Å²) < 4.78 is 0. The highest BCUT2D eigenvalue weighted by atomic mass is 16.4. The minimum atomic E-state index is -1.08. The van der Waals surface area contributed by atoms with Gasteiger partial charge in [0.05, 0.1) is 6.42 Å². The zero-order valence-corrected chi connectivity index (χ0v) is 16.8. The highest BCUT2D eigenvalue weighted by Gasteiger charge is 2.27. The molecule has 0 saturated carbocycles. The Morgan fingerprint density at radius 1 is 0.828 bits per heavy atom. The number of nitrogens with one attached hydrogen (secondary N) is 2. The summed E-state index contributed by atoms with van der Waals surface area (Å²) in [6.07, 6.45) is 0.742. The summed E-state index contributed by atoms with van der Waals surface area (Å²) in [5, 5.41) is 14.8. The molecular formula is C23H28N2O4. The highest BCUT2D eigenvalue weighted by Crippen LogP contribution is 2.08. The van der Waals surface area contributed by atoms with Crippen LogP contribution in [-0.2, 0) is 27.2 Å². The monoisotopic (exact) mass is 396 g/mol. The average Bonchev–Trinajstić information content (AvgIpc) is 2.68. The van der Waals surface area contributed by atoms with Crippen LogP contribution in [0.1, 0.15) is 31.4 Å². The fourth-order valence-electron chi connectivity index (χ4n) is 3.05. The van der Waals surface area contributed by atoms with E-state index in [-0.39, 0.29) is 24.7 Å². The first-order valence-corrected chi connectivity index (χ1v) is 9.75. The fraction of sp³-hybridized carbons (Fsp3) is 0.348. The van der Waals surface area contributed by atoms with E-state index in [1.807, 2.05) is 74.5 Å². The van der Waals surface area contributed by atoms with Crippen molar-refractivity contribution in [1.29, 1.82) is 0 Å². The van der Waals surface area contributed by atoms with Crippen LogP contribution in [0.2, 0.25) is 0 Å². The van der Waals surface area contributed by atoms with Gasteiger partial charge in [-0.2, -0.15) is 0 Å². The van der Waals surface area contributed by atoms with Crippen LogP contribution >= 0.6 is 0 Å². The van der Waals surface area contributed by atoms with Crippen LogP contribution < -0.4 is 10.6 Å². The molecule has 2 rings (SSSR count). The Kier molecular flexibility index (Phi) is 8.40. The Labute approximate surface area is 171 Å². The van der Waals surface area contributed by atoms with E-state index in [1.165, 1.54) is 0 Å². The summed E-state index contributed by atoms with van der Waals surface area (Å²) in [6, 6.07) is 16.7. The van der Waals surface area contributed by atoms with Crippen molar-refractivity contribution < 1.29 is 19.5 Å². The van der Waals surface area contributed by atoms with Crippen molar-refractivity contribution in [2.75, 3.05) is 0 Å². The van der Waals surface area contributed by atoms with Crippen LogP contribution in [-0.4, -0.2) is 35.0 Å². The number of hydrogen-bond acceptors (Lipinski definition) is 3. The van der Waals surface area contributed by atoms with Gasteiger partial charge in [-0.25, -0.2) is 4.79 Å². The summed E-state index contributed by atoms with van der Waals surface area (Å²) in [7, 11) is 0. The van der Waals surface area contributed by atoms with E-state index in [0.717, 1.165) is 11.1 Å². The number of amides is 2. The first kappa shape index (κ1) is 22.1. The molecule has 0 aliphatic heterocycles. The normalized spacial score (nSPS) is 12.8. The molecule has 3 N–H and O–H groups in total. The van der Waals surface area contributed by atoms with Gasteiger partial charge >= 0.3 is 5.97 Å². The first-order chi connectivity index (χ1) is 13.8. The van der Waals surface area contributed by atoms with Crippen molar-refractivity contribution >= 4 is 17.8 Å². The second kappa shape index (κ2) is 11.0. The Hall–Kier alpha value is -3.15. The van der Waals surface area contributed by atoms with E-state index in [2.05, 4.69) is 10.6 Å². The van der Waals surface area contributed by atoms with E-state index < -0.39 is 24.0 Å². The second-order valence-corrected chi connectivity index (χ2v) is 7.50. The van der Waals surface area contributed by atoms with Gasteiger partial charge in [0.2, 0.25) is 11.8 Å². The molecule has 0 saturated heterocycles. The Morgan fingerprint density at radius 3 is 1.90 bits per heavy atom. The molecule has 0 aliphatic carbocycles. The van der Waals surface area contributed by atoms with Crippen LogP contribution in [0.5, 0.6) is 0 Å². The lowest BCUT2D eigenvalue weighted by Gasteiger charge is -2.22. The lowest BCUT2D eigenvalue weighted by atomic mass is 10.0. The van der Waals surface area contributed by atoms with Crippen LogP contribution in [0.25, 0.3) is 0 Å². The third kappa shape index (κ3) is 7.78. The van der Waals surface area contributed by atoms with Gasteiger partial charge in [0.15, 0.2) is 0 Å².